The molecule has 1 aliphatic heterocycles. The summed E-state index contributed by atoms with van der Waals surface area (Å²) in [4.78, 5) is 34.0. The number of hydrogen-bond donors (Lipinski definition) is 1. The van der Waals surface area contributed by atoms with Gasteiger partial charge in [0.1, 0.15) is 11.4 Å². The van der Waals surface area contributed by atoms with Gasteiger partial charge in [0.25, 0.3) is 5.56 Å². The fourth-order valence-corrected chi connectivity index (χ4v) is 5.95. The van der Waals surface area contributed by atoms with Gasteiger partial charge in [-0.15, -0.1) is 22.7 Å². The number of amides is 1. The molecule has 1 amide bonds. The Hall–Kier alpha value is -2.03. The van der Waals surface area contributed by atoms with Gasteiger partial charge < -0.3 is 10.2 Å². The smallest absolute Gasteiger partial charge is 0.263 e. The second-order valence-electron chi connectivity index (χ2n) is 8.04. The Kier molecular flexibility index (Phi) is 6.12. The highest BCUT2D eigenvalue weighted by Crippen LogP contribution is 2.33. The summed E-state index contributed by atoms with van der Waals surface area (Å²) in [5.74, 6) is 1.25. The molecule has 0 radical (unpaired) electrons. The van der Waals surface area contributed by atoms with Crippen LogP contribution in [0.2, 0.25) is 0 Å². The van der Waals surface area contributed by atoms with Crippen LogP contribution in [0.15, 0.2) is 34.0 Å². The number of likely N-dealkylation sites (tertiary alicyclic amines) is 1. The monoisotopic (exact) mass is 430 g/mol. The molecule has 2 unspecified atom stereocenters. The molecular formula is C21H26N4O2S2. The van der Waals surface area contributed by atoms with E-state index >= 15 is 0 Å². The van der Waals surface area contributed by atoms with Gasteiger partial charge >= 0.3 is 0 Å². The summed E-state index contributed by atoms with van der Waals surface area (Å²) >= 11 is 3.06. The predicted octanol–water partition coefficient (Wildman–Crippen LogP) is 3.28. The van der Waals surface area contributed by atoms with E-state index < -0.39 is 0 Å². The van der Waals surface area contributed by atoms with Crippen LogP contribution in [0.25, 0.3) is 20.7 Å². The third kappa shape index (κ3) is 4.60. The van der Waals surface area contributed by atoms with Crippen LogP contribution in [0.1, 0.15) is 20.3 Å². The van der Waals surface area contributed by atoms with E-state index in [4.69, 9.17) is 0 Å². The van der Waals surface area contributed by atoms with E-state index in [0.717, 1.165) is 30.1 Å². The Bertz CT molecular complexity index is 1030. The van der Waals surface area contributed by atoms with Gasteiger partial charge in [0.2, 0.25) is 5.91 Å². The van der Waals surface area contributed by atoms with Gasteiger partial charge in [0.05, 0.1) is 11.7 Å². The van der Waals surface area contributed by atoms with Crippen LogP contribution >= 0.6 is 22.7 Å². The van der Waals surface area contributed by atoms with Gasteiger partial charge in [-0.25, -0.2) is 4.98 Å². The number of aromatic nitrogens is 2. The minimum Gasteiger partial charge on any atom is -0.353 e. The summed E-state index contributed by atoms with van der Waals surface area (Å²) in [7, 11) is 0. The quantitative estimate of drug-likeness (QED) is 0.652. The second kappa shape index (κ2) is 8.77. The van der Waals surface area contributed by atoms with Gasteiger partial charge in [0, 0.05) is 42.0 Å². The molecule has 154 valence electrons. The fraction of sp³-hybridized carbons (Fsp3) is 0.476. The third-order valence-corrected chi connectivity index (χ3v) is 7.15. The summed E-state index contributed by atoms with van der Waals surface area (Å²) < 4.78 is 1.41. The van der Waals surface area contributed by atoms with Crippen molar-refractivity contribution in [3.63, 3.8) is 0 Å². The van der Waals surface area contributed by atoms with Crippen molar-refractivity contribution in [3.8, 4) is 10.4 Å². The fourth-order valence-electron chi connectivity index (χ4n) is 4.23. The zero-order valence-electron chi connectivity index (χ0n) is 16.8. The predicted molar refractivity (Wildman–Crippen MR) is 120 cm³/mol. The number of nitrogens with zero attached hydrogens (tertiary/aromatic N) is 3. The highest BCUT2D eigenvalue weighted by molar-refractivity contribution is 7.18. The number of carbonyl (C=O) groups excluding carboxylic acids is 1. The van der Waals surface area contributed by atoms with Crippen LogP contribution in [0.5, 0.6) is 0 Å². The number of carbonyl (C=O) groups is 1. The van der Waals surface area contributed by atoms with Crippen molar-refractivity contribution >= 4 is 38.8 Å². The van der Waals surface area contributed by atoms with Crippen molar-refractivity contribution in [2.75, 3.05) is 26.2 Å². The zero-order chi connectivity index (χ0) is 20.4. The number of thiophene rings is 2. The summed E-state index contributed by atoms with van der Waals surface area (Å²) in [6.45, 7) is 8.18. The summed E-state index contributed by atoms with van der Waals surface area (Å²) in [5, 5.41) is 7.52. The second-order valence-corrected chi connectivity index (χ2v) is 9.85. The molecule has 0 aliphatic carbocycles. The molecule has 0 bridgehead atoms. The van der Waals surface area contributed by atoms with Gasteiger partial charge in [-0.3, -0.25) is 14.2 Å². The van der Waals surface area contributed by atoms with Crippen molar-refractivity contribution in [1.29, 1.82) is 0 Å². The van der Waals surface area contributed by atoms with Crippen molar-refractivity contribution in [3.05, 3.63) is 39.6 Å². The minimum absolute atomic E-state index is 0.00565. The number of piperidine rings is 1. The lowest BCUT2D eigenvalue weighted by molar-refractivity contribution is -0.121. The standard InChI is InChI=1S/C21H26N4O2S2/c1-14-8-15(2)10-24(9-14)6-5-22-18(26)11-25-13-23-20-19(21(25)27)16(12-29-20)17-4-3-7-28-17/h3-4,7,12-15H,5-6,8-11H2,1-2H3,(H,22,26). The molecule has 1 fully saturated rings. The molecule has 1 aliphatic rings. The number of fused-ring (bicyclic) bond motifs is 1. The molecule has 2 atom stereocenters. The summed E-state index contributed by atoms with van der Waals surface area (Å²) in [6, 6.07) is 3.97. The number of nitrogens with one attached hydrogen (secondary N) is 1. The summed E-state index contributed by atoms with van der Waals surface area (Å²) in [5.41, 5.74) is 0.745. The minimum atomic E-state index is -0.159. The van der Waals surface area contributed by atoms with Crippen molar-refractivity contribution < 1.29 is 4.79 Å². The van der Waals surface area contributed by atoms with Crippen LogP contribution < -0.4 is 10.9 Å². The van der Waals surface area contributed by atoms with Gasteiger partial charge in [-0.2, -0.15) is 0 Å². The maximum Gasteiger partial charge on any atom is 0.263 e. The maximum absolute atomic E-state index is 13.0. The molecular weight excluding hydrogens is 404 g/mol. The molecule has 3 aromatic heterocycles. The van der Waals surface area contributed by atoms with E-state index in [0.29, 0.717) is 28.6 Å². The zero-order valence-corrected chi connectivity index (χ0v) is 18.4. The Balaban J connectivity index is 1.40. The molecule has 8 heteroatoms. The first kappa shape index (κ1) is 20.3. The normalized spacial score (nSPS) is 20.2. The average molecular weight is 431 g/mol. The SMILES string of the molecule is CC1CC(C)CN(CCNC(=O)Cn2cnc3scc(-c4cccs4)c3c2=O)C1. The third-order valence-electron chi connectivity index (χ3n) is 5.36. The van der Waals surface area contributed by atoms with Crippen molar-refractivity contribution in [2.45, 2.75) is 26.8 Å². The Labute approximate surface area is 178 Å². The lowest BCUT2D eigenvalue weighted by Crippen LogP contribution is -2.43. The van der Waals surface area contributed by atoms with E-state index in [1.54, 1.807) is 11.3 Å². The first-order valence-corrected chi connectivity index (χ1v) is 11.8. The highest BCUT2D eigenvalue weighted by Gasteiger charge is 2.21. The molecule has 0 saturated carbocycles. The van der Waals surface area contributed by atoms with Crippen molar-refractivity contribution in [2.24, 2.45) is 11.8 Å². The highest BCUT2D eigenvalue weighted by atomic mass is 32.1. The molecule has 0 spiro atoms. The van der Waals surface area contributed by atoms with Crippen LogP contribution in [-0.2, 0) is 11.3 Å². The molecule has 6 nitrogen and oxygen atoms in total. The Morgan fingerprint density at radius 3 is 2.79 bits per heavy atom. The molecule has 4 heterocycles. The van der Waals surface area contributed by atoms with Crippen LogP contribution in [-0.4, -0.2) is 46.5 Å². The van der Waals surface area contributed by atoms with Crippen LogP contribution in [0.4, 0.5) is 0 Å². The Morgan fingerprint density at radius 1 is 1.28 bits per heavy atom. The molecule has 1 saturated heterocycles. The van der Waals surface area contributed by atoms with Gasteiger partial charge in [-0.1, -0.05) is 19.9 Å². The summed E-state index contributed by atoms with van der Waals surface area (Å²) in [6.07, 6.45) is 2.75. The topological polar surface area (TPSA) is 67.2 Å². The average Bonchev–Trinajstić information content (AvgIpc) is 3.32. The molecule has 29 heavy (non-hydrogen) atoms. The van der Waals surface area contributed by atoms with E-state index in [2.05, 4.69) is 29.0 Å². The van der Waals surface area contributed by atoms with Gasteiger partial charge in [-0.05, 0) is 29.7 Å². The van der Waals surface area contributed by atoms with Crippen molar-refractivity contribution in [1.82, 2.24) is 19.8 Å². The largest absolute Gasteiger partial charge is 0.353 e. The molecule has 4 rings (SSSR count). The molecule has 3 aromatic rings. The first-order chi connectivity index (χ1) is 14.0. The Morgan fingerprint density at radius 2 is 2.07 bits per heavy atom. The maximum atomic E-state index is 13.0. The first-order valence-electron chi connectivity index (χ1n) is 10.0. The van der Waals surface area contributed by atoms with E-state index in [-0.39, 0.29) is 18.0 Å². The number of rotatable bonds is 6. The van der Waals surface area contributed by atoms with Crippen LogP contribution in [0.3, 0.4) is 0 Å². The van der Waals surface area contributed by atoms with E-state index in [1.807, 2.05) is 22.9 Å². The molecule has 1 N–H and O–H groups in total. The number of hydrogen-bond acceptors (Lipinski definition) is 6. The van der Waals surface area contributed by atoms with Gasteiger partial charge in [0.15, 0.2) is 0 Å². The lowest BCUT2D eigenvalue weighted by Gasteiger charge is -2.34. The van der Waals surface area contributed by atoms with E-state index in [1.165, 1.54) is 28.7 Å². The lowest BCUT2D eigenvalue weighted by atomic mass is 9.92. The molecule has 0 aromatic carbocycles. The van der Waals surface area contributed by atoms with E-state index in [9.17, 15) is 9.59 Å². The van der Waals surface area contributed by atoms with Crippen LogP contribution in [0, 0.1) is 11.8 Å².